The molecule has 1 saturated heterocycles. The van der Waals surface area contributed by atoms with E-state index in [1.807, 2.05) is 24.3 Å². The number of aliphatic hydroxyl groups excluding tert-OH is 1. The number of nitrogens with zero attached hydrogens (tertiary/aromatic N) is 4. The van der Waals surface area contributed by atoms with Crippen LogP contribution in [0.2, 0.25) is 0 Å². The van der Waals surface area contributed by atoms with Gasteiger partial charge in [-0.15, -0.1) is 11.3 Å². The maximum absolute atomic E-state index is 11.8. The van der Waals surface area contributed by atoms with Crippen molar-refractivity contribution in [3.05, 3.63) is 65.1 Å². The molecule has 0 saturated carbocycles. The molecule has 1 amide bonds. The van der Waals surface area contributed by atoms with E-state index in [0.29, 0.717) is 23.2 Å². The Morgan fingerprint density at radius 1 is 1.18 bits per heavy atom. The first kappa shape index (κ1) is 26.0. The summed E-state index contributed by atoms with van der Waals surface area (Å²) in [5.41, 5.74) is 16.2. The minimum atomic E-state index is -0.585. The molecule has 1 fully saturated rings. The van der Waals surface area contributed by atoms with Crippen molar-refractivity contribution in [2.45, 2.75) is 44.8 Å². The maximum Gasteiger partial charge on any atom is 0.260 e. The van der Waals surface area contributed by atoms with Gasteiger partial charge in [0.25, 0.3) is 5.91 Å². The first-order valence-electron chi connectivity index (χ1n) is 13.0. The molecule has 10 heteroatoms. The van der Waals surface area contributed by atoms with Gasteiger partial charge in [-0.05, 0) is 42.0 Å². The summed E-state index contributed by atoms with van der Waals surface area (Å²) >= 11 is 1.28. The quantitative estimate of drug-likeness (QED) is 0.256. The minimum Gasteiger partial charge on any atom is -0.397 e. The number of nitrogen functional groups attached to an aromatic ring is 1. The molecule has 198 valence electrons. The first-order valence-corrected chi connectivity index (χ1v) is 13.8. The van der Waals surface area contributed by atoms with E-state index in [1.54, 1.807) is 12.4 Å². The number of fused-ring (bicyclic) bond motifs is 1. The zero-order valence-corrected chi connectivity index (χ0v) is 22.2. The van der Waals surface area contributed by atoms with E-state index in [2.05, 4.69) is 33.2 Å². The molecule has 0 bridgehead atoms. The number of hydrogen-bond donors (Lipinski definition) is 4. The van der Waals surface area contributed by atoms with Crippen LogP contribution < -0.4 is 21.7 Å². The van der Waals surface area contributed by atoms with Crippen molar-refractivity contribution in [1.82, 2.24) is 20.3 Å². The minimum absolute atomic E-state index is 0.319. The van der Waals surface area contributed by atoms with Crippen LogP contribution in [0.25, 0.3) is 21.3 Å². The van der Waals surface area contributed by atoms with E-state index in [4.69, 9.17) is 16.5 Å². The third-order valence-corrected chi connectivity index (χ3v) is 8.23. The summed E-state index contributed by atoms with van der Waals surface area (Å²) in [6, 6.07) is 10.3. The summed E-state index contributed by atoms with van der Waals surface area (Å²) in [5, 5.41) is 15.1. The van der Waals surface area contributed by atoms with Crippen LogP contribution in [0.5, 0.6) is 0 Å². The molecule has 1 atom stereocenters. The van der Waals surface area contributed by atoms with E-state index in [9.17, 15) is 9.90 Å². The van der Waals surface area contributed by atoms with Crippen LogP contribution >= 0.6 is 11.3 Å². The molecule has 5 rings (SSSR count). The third-order valence-electron chi connectivity index (χ3n) is 7.12. The summed E-state index contributed by atoms with van der Waals surface area (Å²) in [4.78, 5) is 28.3. The molecule has 1 aliphatic rings. The molecule has 0 radical (unpaired) electrons. The maximum atomic E-state index is 11.8. The van der Waals surface area contributed by atoms with E-state index < -0.39 is 12.0 Å². The molecule has 1 aliphatic heterocycles. The zero-order valence-electron chi connectivity index (χ0n) is 21.4. The molecule has 3 aromatic heterocycles. The number of nitrogens with one attached hydrogen (secondary N) is 1. The Bertz CT molecular complexity index is 1400. The lowest BCUT2D eigenvalue weighted by Crippen LogP contribution is -2.44. The number of aliphatic hydroxyl groups is 1. The number of anilines is 2. The van der Waals surface area contributed by atoms with Crippen LogP contribution in [0.15, 0.2) is 49.1 Å². The second-order valence-corrected chi connectivity index (χ2v) is 10.7. The van der Waals surface area contributed by atoms with Gasteiger partial charge >= 0.3 is 0 Å². The topological polar surface area (TPSA) is 143 Å². The fraction of sp³-hybridized carbons (Fsp3) is 0.357. The number of rotatable bonds is 9. The van der Waals surface area contributed by atoms with Crippen molar-refractivity contribution < 1.29 is 9.90 Å². The molecule has 4 heterocycles. The van der Waals surface area contributed by atoms with Crippen molar-refractivity contribution in [3.63, 3.8) is 0 Å². The van der Waals surface area contributed by atoms with E-state index in [-0.39, 0.29) is 0 Å². The third kappa shape index (κ3) is 5.47. The van der Waals surface area contributed by atoms with E-state index in [1.165, 1.54) is 17.7 Å². The highest BCUT2D eigenvalue weighted by atomic mass is 32.1. The van der Waals surface area contributed by atoms with Crippen LogP contribution in [0.3, 0.4) is 0 Å². The lowest BCUT2D eigenvalue weighted by Gasteiger charge is -2.34. The van der Waals surface area contributed by atoms with Gasteiger partial charge in [0.1, 0.15) is 21.9 Å². The van der Waals surface area contributed by atoms with Crippen molar-refractivity contribution in [3.8, 4) is 11.1 Å². The molecular formula is C28H33N7O2S. The average Bonchev–Trinajstić information content (AvgIpc) is 3.29. The van der Waals surface area contributed by atoms with E-state index >= 15 is 0 Å². The Morgan fingerprint density at radius 3 is 2.55 bits per heavy atom. The van der Waals surface area contributed by atoms with Crippen molar-refractivity contribution in [1.29, 1.82) is 0 Å². The second-order valence-electron chi connectivity index (χ2n) is 9.71. The number of thiophene rings is 1. The monoisotopic (exact) mass is 531 g/mol. The summed E-state index contributed by atoms with van der Waals surface area (Å²) in [6.07, 6.45) is 8.20. The number of benzene rings is 1. The Morgan fingerprint density at radius 2 is 1.89 bits per heavy atom. The Kier molecular flexibility index (Phi) is 7.82. The molecule has 0 spiro atoms. The van der Waals surface area contributed by atoms with Gasteiger partial charge in [0.2, 0.25) is 0 Å². The van der Waals surface area contributed by atoms with Gasteiger partial charge in [0.05, 0.1) is 11.8 Å². The van der Waals surface area contributed by atoms with Crippen molar-refractivity contribution in [2.24, 2.45) is 5.73 Å². The molecule has 4 aromatic rings. The summed E-state index contributed by atoms with van der Waals surface area (Å²) in [5.74, 6) is 0.408. The number of amides is 1. The SMILES string of the molecule is CCCc1cc(N2CCC(NCC(O)c3ccc(-c4cncnc4)cc3)CC2)nc2sc(C(N)=O)c(N)c12. The highest BCUT2D eigenvalue weighted by Gasteiger charge is 2.24. The smallest absolute Gasteiger partial charge is 0.260 e. The molecule has 0 aliphatic carbocycles. The number of nitrogens with two attached hydrogens (primary N) is 2. The van der Waals surface area contributed by atoms with Gasteiger partial charge in [-0.2, -0.15) is 0 Å². The highest BCUT2D eigenvalue weighted by Crippen LogP contribution is 2.37. The molecule has 6 N–H and O–H groups in total. The number of piperidine rings is 1. The number of carbonyl (C=O) groups excluding carboxylic acids is 1. The number of primary amides is 1. The normalized spacial score (nSPS) is 15.2. The van der Waals surface area contributed by atoms with Crippen molar-refractivity contribution in [2.75, 3.05) is 30.3 Å². The average molecular weight is 532 g/mol. The predicted molar refractivity (Wildman–Crippen MR) is 152 cm³/mol. The molecule has 9 nitrogen and oxygen atoms in total. The number of aromatic nitrogens is 3. The first-order chi connectivity index (χ1) is 18.4. The van der Waals surface area contributed by atoms with E-state index in [0.717, 1.165) is 77.1 Å². The van der Waals surface area contributed by atoms with Crippen LogP contribution in [0.4, 0.5) is 11.5 Å². The lowest BCUT2D eigenvalue weighted by atomic mass is 10.0. The van der Waals surface area contributed by atoms with Gasteiger partial charge in [0, 0.05) is 49.0 Å². The fourth-order valence-electron chi connectivity index (χ4n) is 5.05. The Balaban J connectivity index is 1.19. The predicted octanol–water partition coefficient (Wildman–Crippen LogP) is 3.68. The number of aryl methyl sites for hydroxylation is 1. The summed E-state index contributed by atoms with van der Waals surface area (Å²) in [7, 11) is 0. The molecule has 38 heavy (non-hydrogen) atoms. The molecular weight excluding hydrogens is 498 g/mol. The van der Waals surface area contributed by atoms with Crippen LogP contribution in [-0.2, 0) is 6.42 Å². The van der Waals surface area contributed by atoms with Gasteiger partial charge in [-0.1, -0.05) is 37.6 Å². The second kappa shape index (κ2) is 11.4. The Labute approximate surface area is 225 Å². The van der Waals surface area contributed by atoms with Crippen molar-refractivity contribution >= 4 is 39.0 Å². The summed E-state index contributed by atoms with van der Waals surface area (Å²) < 4.78 is 0. The van der Waals surface area contributed by atoms with Gasteiger partial charge < -0.3 is 26.8 Å². The highest BCUT2D eigenvalue weighted by molar-refractivity contribution is 7.21. The number of carbonyl (C=O) groups is 1. The standard InChI is InChI=1S/C28H33N7O2S/c1-2-3-19-12-23(34-28-24(19)25(29)26(38-28)27(30)37)35-10-8-21(9-11-35)33-15-22(36)18-6-4-17(5-7-18)20-13-31-16-32-14-20/h4-7,12-14,16,21-22,33,36H,2-3,8-11,15,29H2,1H3,(H2,30,37). The van der Waals surface area contributed by atoms with Crippen LogP contribution in [0.1, 0.15) is 53.1 Å². The van der Waals surface area contributed by atoms with Crippen LogP contribution in [0, 0.1) is 0 Å². The molecule has 1 aromatic carbocycles. The summed E-state index contributed by atoms with van der Waals surface area (Å²) in [6.45, 7) is 4.33. The largest absolute Gasteiger partial charge is 0.397 e. The molecule has 1 unspecified atom stereocenters. The lowest BCUT2D eigenvalue weighted by molar-refractivity contribution is 0.100. The zero-order chi connectivity index (χ0) is 26.6. The Hall–Kier alpha value is -3.60. The number of pyridine rings is 1. The number of hydrogen-bond acceptors (Lipinski definition) is 9. The van der Waals surface area contributed by atoms with Gasteiger partial charge in [0.15, 0.2) is 0 Å². The fourth-order valence-corrected chi connectivity index (χ4v) is 6.04. The van der Waals surface area contributed by atoms with Crippen LogP contribution in [-0.4, -0.2) is 51.6 Å². The van der Waals surface area contributed by atoms with Gasteiger partial charge in [-0.3, -0.25) is 4.79 Å². The van der Waals surface area contributed by atoms with Gasteiger partial charge in [-0.25, -0.2) is 15.0 Å².